The molecule has 0 aliphatic heterocycles. The van der Waals surface area contributed by atoms with Gasteiger partial charge in [-0.15, -0.1) is 0 Å². The molecule has 0 amide bonds. The Morgan fingerprint density at radius 2 is 1.67 bits per heavy atom. The molecule has 148 valence electrons. The van der Waals surface area contributed by atoms with Gasteiger partial charge >= 0.3 is 0 Å². The highest BCUT2D eigenvalue weighted by atomic mass is 32.2. The number of hydrogen-bond donors (Lipinski definition) is 0. The van der Waals surface area contributed by atoms with Crippen molar-refractivity contribution in [1.29, 1.82) is 0 Å². The molecule has 0 N–H and O–H groups in total. The summed E-state index contributed by atoms with van der Waals surface area (Å²) in [4.78, 5) is 9.43. The maximum Gasteiger partial charge on any atom is 0.297 e. The number of hydrogen-bond acceptors (Lipinski definition) is 5. The predicted molar refractivity (Wildman–Crippen MR) is 118 cm³/mol. The Morgan fingerprint density at radius 1 is 0.867 bits per heavy atom. The number of aryl methyl sites for hydroxylation is 1. The topological polar surface area (TPSA) is 69.2 Å². The van der Waals surface area contributed by atoms with Gasteiger partial charge in [-0.1, -0.05) is 42.0 Å². The molecule has 0 aliphatic carbocycles. The fraction of sp³-hybridized carbons (Fsp3) is 0.0833. The van der Waals surface area contributed by atoms with Crippen molar-refractivity contribution in [3.8, 4) is 0 Å². The quantitative estimate of drug-likeness (QED) is 0.231. The van der Waals surface area contributed by atoms with Crippen LogP contribution in [0.1, 0.15) is 11.1 Å². The van der Waals surface area contributed by atoms with Crippen molar-refractivity contribution in [1.82, 2.24) is 9.97 Å². The summed E-state index contributed by atoms with van der Waals surface area (Å²) in [6.07, 6.45) is 1.64. The van der Waals surface area contributed by atoms with Crippen molar-refractivity contribution in [2.45, 2.75) is 18.4 Å². The predicted octanol–water partition coefficient (Wildman–Crippen LogP) is 5.15. The molecule has 0 saturated heterocycles. The van der Waals surface area contributed by atoms with Gasteiger partial charge in [-0.25, -0.2) is 4.98 Å². The van der Waals surface area contributed by atoms with Crippen LogP contribution in [0.25, 0.3) is 32.7 Å². The third-order valence-corrected chi connectivity index (χ3v) is 6.37. The molecular formula is C24H18N2O3S. The third-order valence-electron chi connectivity index (χ3n) is 5.09. The Morgan fingerprint density at radius 3 is 2.50 bits per heavy atom. The van der Waals surface area contributed by atoms with E-state index in [1.807, 2.05) is 49.4 Å². The summed E-state index contributed by atoms with van der Waals surface area (Å²) in [5.74, 6) is 0. The molecule has 5 nitrogen and oxygen atoms in total. The molecule has 6 heteroatoms. The number of pyridine rings is 2. The Hall–Kier alpha value is -3.35. The lowest BCUT2D eigenvalue weighted by molar-refractivity contribution is 0.308. The minimum atomic E-state index is -3.84. The van der Waals surface area contributed by atoms with Crippen molar-refractivity contribution < 1.29 is 12.6 Å². The molecule has 0 bridgehead atoms. The van der Waals surface area contributed by atoms with Gasteiger partial charge in [0.1, 0.15) is 0 Å². The first-order chi connectivity index (χ1) is 14.5. The normalized spacial score (nSPS) is 12.0. The van der Waals surface area contributed by atoms with E-state index in [2.05, 4.69) is 11.1 Å². The van der Waals surface area contributed by atoms with Crippen LogP contribution in [-0.4, -0.2) is 18.4 Å². The zero-order valence-corrected chi connectivity index (χ0v) is 17.1. The monoisotopic (exact) mass is 414 g/mol. The van der Waals surface area contributed by atoms with Gasteiger partial charge in [-0.2, -0.15) is 8.42 Å². The first kappa shape index (κ1) is 18.7. The van der Waals surface area contributed by atoms with Crippen LogP contribution in [0.15, 0.2) is 83.9 Å². The van der Waals surface area contributed by atoms with E-state index in [4.69, 9.17) is 9.17 Å². The molecular weight excluding hydrogens is 396 g/mol. The maximum atomic E-state index is 12.5. The van der Waals surface area contributed by atoms with E-state index in [9.17, 15) is 8.42 Å². The summed E-state index contributed by atoms with van der Waals surface area (Å²) in [5, 5.41) is 2.95. The van der Waals surface area contributed by atoms with Gasteiger partial charge in [-0.3, -0.25) is 9.17 Å². The van der Waals surface area contributed by atoms with Crippen molar-refractivity contribution in [2.75, 3.05) is 0 Å². The highest BCUT2D eigenvalue weighted by molar-refractivity contribution is 7.86. The van der Waals surface area contributed by atoms with Gasteiger partial charge in [0.05, 0.1) is 28.1 Å². The van der Waals surface area contributed by atoms with Crippen molar-refractivity contribution in [3.63, 3.8) is 0 Å². The molecule has 0 radical (unpaired) electrons. The zero-order valence-electron chi connectivity index (χ0n) is 16.2. The van der Waals surface area contributed by atoms with E-state index in [1.165, 1.54) is 0 Å². The van der Waals surface area contributed by atoms with Crippen molar-refractivity contribution >= 4 is 42.8 Å². The molecule has 0 fully saturated rings. The van der Waals surface area contributed by atoms with Crippen molar-refractivity contribution in [2.24, 2.45) is 0 Å². The lowest BCUT2D eigenvalue weighted by Gasteiger charge is -2.09. The van der Waals surface area contributed by atoms with Crippen LogP contribution in [0.3, 0.4) is 0 Å². The molecule has 3 aromatic carbocycles. The van der Waals surface area contributed by atoms with Crippen LogP contribution in [0.2, 0.25) is 0 Å². The molecule has 2 heterocycles. The Kier molecular flexibility index (Phi) is 4.46. The number of nitrogens with zero attached hydrogens (tertiary/aromatic N) is 2. The van der Waals surface area contributed by atoms with Crippen molar-refractivity contribution in [3.05, 3.63) is 90.1 Å². The Bertz CT molecular complexity index is 1510. The minimum Gasteiger partial charge on any atom is -0.261 e. The molecule has 0 spiro atoms. The van der Waals surface area contributed by atoms with Gasteiger partial charge < -0.3 is 0 Å². The number of rotatable bonds is 4. The molecule has 2 aromatic heterocycles. The van der Waals surface area contributed by atoms with Gasteiger partial charge in [0.25, 0.3) is 10.1 Å². The van der Waals surface area contributed by atoms with Crippen LogP contribution in [0, 0.1) is 6.92 Å². The first-order valence-electron chi connectivity index (χ1n) is 9.53. The summed E-state index contributed by atoms with van der Waals surface area (Å²) in [6.45, 7) is 1.81. The Balaban J connectivity index is 1.52. The smallest absolute Gasteiger partial charge is 0.261 e. The summed E-state index contributed by atoms with van der Waals surface area (Å²) in [6, 6.07) is 22.5. The van der Waals surface area contributed by atoms with Gasteiger partial charge in [-0.05, 0) is 48.9 Å². The van der Waals surface area contributed by atoms with E-state index >= 15 is 0 Å². The molecule has 0 atom stereocenters. The molecule has 0 aliphatic rings. The van der Waals surface area contributed by atoms with Crippen LogP contribution in [0.4, 0.5) is 0 Å². The molecule has 5 rings (SSSR count). The average Bonchev–Trinajstić information content (AvgIpc) is 2.76. The van der Waals surface area contributed by atoms with E-state index in [-0.39, 0.29) is 11.5 Å². The highest BCUT2D eigenvalue weighted by Crippen LogP contribution is 2.27. The number of para-hydroxylation sites is 1. The lowest BCUT2D eigenvalue weighted by atomic mass is 10.1. The fourth-order valence-corrected chi connectivity index (χ4v) is 4.38. The van der Waals surface area contributed by atoms with E-state index in [0.29, 0.717) is 5.56 Å². The summed E-state index contributed by atoms with van der Waals surface area (Å²) < 4.78 is 30.3. The number of fused-ring (bicyclic) bond motifs is 4. The summed E-state index contributed by atoms with van der Waals surface area (Å²) in [7, 11) is -3.84. The minimum absolute atomic E-state index is 0.0941. The van der Waals surface area contributed by atoms with E-state index in [0.717, 1.165) is 38.3 Å². The third kappa shape index (κ3) is 3.40. The highest BCUT2D eigenvalue weighted by Gasteiger charge is 2.15. The lowest BCUT2D eigenvalue weighted by Crippen LogP contribution is -2.06. The maximum absolute atomic E-state index is 12.5. The first-order valence-corrected chi connectivity index (χ1v) is 10.9. The second-order valence-corrected chi connectivity index (χ2v) is 8.87. The van der Waals surface area contributed by atoms with Gasteiger partial charge in [0.2, 0.25) is 0 Å². The largest absolute Gasteiger partial charge is 0.297 e. The van der Waals surface area contributed by atoms with Gasteiger partial charge in [0, 0.05) is 22.4 Å². The van der Waals surface area contributed by atoms with Gasteiger partial charge in [0.15, 0.2) is 0 Å². The molecule has 0 saturated carbocycles. The second kappa shape index (κ2) is 7.16. The average molecular weight is 414 g/mol. The fourth-order valence-electron chi connectivity index (χ4n) is 3.48. The summed E-state index contributed by atoms with van der Waals surface area (Å²) >= 11 is 0. The summed E-state index contributed by atoms with van der Waals surface area (Å²) in [5.41, 5.74) is 4.19. The number of benzene rings is 3. The van der Waals surface area contributed by atoms with Crippen LogP contribution in [-0.2, 0) is 20.9 Å². The molecule has 30 heavy (non-hydrogen) atoms. The standard InChI is InChI=1S/C24H18N2O3S/c1-16-6-9-20(10-7-16)30(27,28)29-15-17-12-21-23(25-14-17)11-8-19-13-18-4-2-3-5-22(18)26-24(19)21/h2-14H,15H2,1H3. The second-order valence-electron chi connectivity index (χ2n) is 7.26. The van der Waals surface area contributed by atoms with Crippen LogP contribution >= 0.6 is 0 Å². The molecule has 5 aromatic rings. The Labute approximate surface area is 174 Å². The van der Waals surface area contributed by atoms with E-state index in [1.54, 1.807) is 30.5 Å². The number of aromatic nitrogens is 2. The van der Waals surface area contributed by atoms with Crippen LogP contribution < -0.4 is 0 Å². The SMILES string of the molecule is Cc1ccc(S(=O)(=O)OCc2cnc3ccc4cc5ccccc5nc4c3c2)cc1. The zero-order chi connectivity index (χ0) is 20.7. The van der Waals surface area contributed by atoms with Crippen LogP contribution in [0.5, 0.6) is 0 Å². The van der Waals surface area contributed by atoms with E-state index < -0.39 is 10.1 Å². The molecule has 0 unspecified atom stereocenters.